The molecule has 3 aliphatic carbocycles. The van der Waals surface area contributed by atoms with Crippen LogP contribution in [0.2, 0.25) is 0 Å². The number of Topliss-reactive ketones (excluding diaryl/α,β-unsaturated/α-hetero) is 1. The molecule has 1 nitrogen and oxygen atoms in total. The minimum atomic E-state index is 0.269. The Labute approximate surface area is 73.8 Å². The highest BCUT2D eigenvalue weighted by Crippen LogP contribution is 2.55. The number of carbonyl (C=O) groups excluding carboxylic acids is 1. The summed E-state index contributed by atoms with van der Waals surface area (Å²) in [5.74, 6) is 1.47. The number of ketones is 1. The van der Waals surface area contributed by atoms with Crippen LogP contribution in [0.25, 0.3) is 0 Å². The van der Waals surface area contributed by atoms with Crippen LogP contribution in [0.1, 0.15) is 33.6 Å². The second-order valence-electron chi connectivity index (χ2n) is 4.79. The summed E-state index contributed by atoms with van der Waals surface area (Å²) >= 11 is 0. The number of rotatable bonds is 0. The number of hydrogen-bond donors (Lipinski definition) is 0. The highest BCUT2D eigenvalue weighted by Gasteiger charge is 2.52. The molecule has 0 aliphatic heterocycles. The van der Waals surface area contributed by atoms with Gasteiger partial charge in [-0.1, -0.05) is 19.9 Å². The standard InChI is InChI=1S/C11H16O/c1-7-4-5-8-6-9(10(7)12)11(8,2)3/h4,8-9H,5-6H2,1-3H3. The molecule has 0 amide bonds. The molecule has 3 rings (SSSR count). The van der Waals surface area contributed by atoms with Crippen molar-refractivity contribution in [3.8, 4) is 0 Å². The molecule has 0 aromatic rings. The van der Waals surface area contributed by atoms with Gasteiger partial charge in [0.2, 0.25) is 0 Å². The molecule has 0 aromatic heterocycles. The maximum atomic E-state index is 11.7. The molecule has 3 aliphatic rings. The van der Waals surface area contributed by atoms with Crippen molar-refractivity contribution in [3.05, 3.63) is 11.6 Å². The molecule has 2 bridgehead atoms. The van der Waals surface area contributed by atoms with Gasteiger partial charge in [-0.15, -0.1) is 0 Å². The molecule has 0 heterocycles. The average molecular weight is 164 g/mol. The van der Waals surface area contributed by atoms with Gasteiger partial charge in [0.25, 0.3) is 0 Å². The van der Waals surface area contributed by atoms with Crippen LogP contribution in [-0.2, 0) is 4.79 Å². The fourth-order valence-corrected chi connectivity index (χ4v) is 2.56. The second kappa shape index (κ2) is 2.21. The maximum Gasteiger partial charge on any atom is 0.161 e. The fourth-order valence-electron chi connectivity index (χ4n) is 2.56. The predicted molar refractivity (Wildman–Crippen MR) is 48.8 cm³/mol. The molecular weight excluding hydrogens is 148 g/mol. The van der Waals surface area contributed by atoms with Gasteiger partial charge in [-0.25, -0.2) is 0 Å². The predicted octanol–water partition coefficient (Wildman–Crippen LogP) is 2.57. The van der Waals surface area contributed by atoms with E-state index in [4.69, 9.17) is 0 Å². The molecule has 2 atom stereocenters. The first-order chi connectivity index (χ1) is 5.53. The highest BCUT2D eigenvalue weighted by molar-refractivity contribution is 5.98. The van der Waals surface area contributed by atoms with Crippen molar-refractivity contribution < 1.29 is 4.79 Å². The fraction of sp³-hybridized carbons (Fsp3) is 0.727. The van der Waals surface area contributed by atoms with Crippen LogP contribution < -0.4 is 0 Å². The van der Waals surface area contributed by atoms with E-state index in [0.29, 0.717) is 11.7 Å². The van der Waals surface area contributed by atoms with Crippen molar-refractivity contribution in [2.24, 2.45) is 17.3 Å². The number of fused-ring (bicyclic) bond motifs is 2. The third kappa shape index (κ3) is 0.825. The van der Waals surface area contributed by atoms with E-state index in [1.165, 1.54) is 0 Å². The first-order valence-electron chi connectivity index (χ1n) is 4.74. The van der Waals surface area contributed by atoms with Gasteiger partial charge in [-0.2, -0.15) is 0 Å². The zero-order chi connectivity index (χ0) is 8.93. The van der Waals surface area contributed by atoms with Crippen LogP contribution in [0.4, 0.5) is 0 Å². The van der Waals surface area contributed by atoms with E-state index in [2.05, 4.69) is 19.9 Å². The normalized spacial score (nSPS) is 38.2. The quantitative estimate of drug-likeness (QED) is 0.537. The van der Waals surface area contributed by atoms with Gasteiger partial charge in [0.15, 0.2) is 5.78 Å². The lowest BCUT2D eigenvalue weighted by atomic mass is 9.53. The lowest BCUT2D eigenvalue weighted by Crippen LogP contribution is -2.47. The van der Waals surface area contributed by atoms with Crippen molar-refractivity contribution in [3.63, 3.8) is 0 Å². The van der Waals surface area contributed by atoms with Crippen LogP contribution in [0, 0.1) is 17.3 Å². The minimum Gasteiger partial charge on any atom is -0.294 e. The van der Waals surface area contributed by atoms with E-state index >= 15 is 0 Å². The van der Waals surface area contributed by atoms with E-state index in [-0.39, 0.29) is 5.41 Å². The lowest BCUT2D eigenvalue weighted by Gasteiger charge is -2.50. The van der Waals surface area contributed by atoms with Gasteiger partial charge in [0, 0.05) is 5.92 Å². The second-order valence-corrected chi connectivity index (χ2v) is 4.79. The summed E-state index contributed by atoms with van der Waals surface area (Å²) < 4.78 is 0. The Bertz CT molecular complexity index is 260. The molecular formula is C11H16O. The summed E-state index contributed by atoms with van der Waals surface area (Å²) in [7, 11) is 0. The van der Waals surface area contributed by atoms with Crippen molar-refractivity contribution >= 4 is 5.78 Å². The van der Waals surface area contributed by atoms with E-state index in [9.17, 15) is 4.79 Å². The van der Waals surface area contributed by atoms with Gasteiger partial charge in [-0.05, 0) is 36.7 Å². The van der Waals surface area contributed by atoms with E-state index in [1.807, 2.05) is 6.92 Å². The van der Waals surface area contributed by atoms with Crippen molar-refractivity contribution in [2.45, 2.75) is 33.6 Å². The third-order valence-electron chi connectivity index (χ3n) is 3.88. The van der Waals surface area contributed by atoms with Gasteiger partial charge >= 0.3 is 0 Å². The SMILES string of the molecule is CC1=CCC2CC(C1=O)C2(C)C. The summed E-state index contributed by atoms with van der Waals surface area (Å²) in [5.41, 5.74) is 1.26. The van der Waals surface area contributed by atoms with E-state index in [1.54, 1.807) is 0 Å². The van der Waals surface area contributed by atoms with Crippen LogP contribution in [0.3, 0.4) is 0 Å². The monoisotopic (exact) mass is 164 g/mol. The molecule has 0 saturated heterocycles. The third-order valence-corrected chi connectivity index (χ3v) is 3.88. The Morgan fingerprint density at radius 2 is 2.17 bits per heavy atom. The molecule has 12 heavy (non-hydrogen) atoms. The summed E-state index contributed by atoms with van der Waals surface area (Å²) in [6, 6.07) is 0. The van der Waals surface area contributed by atoms with Crippen LogP contribution >= 0.6 is 0 Å². The molecule has 0 spiro atoms. The Kier molecular flexibility index (Phi) is 1.48. The molecule has 0 N–H and O–H groups in total. The zero-order valence-electron chi connectivity index (χ0n) is 8.05. The molecule has 0 aromatic carbocycles. The highest BCUT2D eigenvalue weighted by atomic mass is 16.1. The number of carbonyl (C=O) groups is 1. The van der Waals surface area contributed by atoms with Crippen molar-refractivity contribution in [1.82, 2.24) is 0 Å². The number of allylic oxidation sites excluding steroid dienone is 2. The average Bonchev–Trinajstić information content (AvgIpc) is 2.18. The van der Waals surface area contributed by atoms with E-state index in [0.717, 1.165) is 24.3 Å². The lowest BCUT2D eigenvalue weighted by molar-refractivity contribution is -0.132. The Morgan fingerprint density at radius 3 is 2.75 bits per heavy atom. The van der Waals surface area contributed by atoms with Gasteiger partial charge in [-0.3, -0.25) is 4.79 Å². The van der Waals surface area contributed by atoms with Crippen LogP contribution in [0.15, 0.2) is 11.6 Å². The van der Waals surface area contributed by atoms with Crippen molar-refractivity contribution in [2.75, 3.05) is 0 Å². The molecule has 1 fully saturated rings. The van der Waals surface area contributed by atoms with Gasteiger partial charge < -0.3 is 0 Å². The summed E-state index contributed by atoms with van der Waals surface area (Å²) in [6.07, 6.45) is 4.36. The topological polar surface area (TPSA) is 17.1 Å². The van der Waals surface area contributed by atoms with Crippen LogP contribution in [0.5, 0.6) is 0 Å². The van der Waals surface area contributed by atoms with Crippen molar-refractivity contribution in [1.29, 1.82) is 0 Å². The van der Waals surface area contributed by atoms with Gasteiger partial charge in [0.1, 0.15) is 0 Å². The minimum absolute atomic E-state index is 0.269. The van der Waals surface area contributed by atoms with E-state index < -0.39 is 0 Å². The first-order valence-corrected chi connectivity index (χ1v) is 4.74. The van der Waals surface area contributed by atoms with Crippen LogP contribution in [-0.4, -0.2) is 5.78 Å². The molecule has 66 valence electrons. The molecule has 0 radical (unpaired) electrons. The zero-order valence-corrected chi connectivity index (χ0v) is 8.05. The van der Waals surface area contributed by atoms with Gasteiger partial charge in [0.05, 0.1) is 0 Å². The maximum absolute atomic E-state index is 11.7. The molecule has 2 unspecified atom stereocenters. The Balaban J connectivity index is 2.33. The Hall–Kier alpha value is -0.590. The summed E-state index contributed by atoms with van der Waals surface area (Å²) in [4.78, 5) is 11.7. The summed E-state index contributed by atoms with van der Waals surface area (Å²) in [5, 5.41) is 0. The number of hydrogen-bond acceptors (Lipinski definition) is 1. The smallest absolute Gasteiger partial charge is 0.161 e. The molecule has 1 heteroatoms. The largest absolute Gasteiger partial charge is 0.294 e. The Morgan fingerprint density at radius 1 is 1.50 bits per heavy atom. The molecule has 1 saturated carbocycles. The summed E-state index contributed by atoms with van der Waals surface area (Å²) in [6.45, 7) is 6.42. The first kappa shape index (κ1) is 8.03.